The zero-order chi connectivity index (χ0) is 16.7. The molecule has 7 heteroatoms. The van der Waals surface area contributed by atoms with Crippen LogP contribution in [-0.4, -0.2) is 37.6 Å². The molecular weight excluding hydrogens is 328 g/mol. The molecule has 0 bridgehead atoms. The van der Waals surface area contributed by atoms with Crippen LogP contribution in [0, 0.1) is 0 Å². The zero-order valence-corrected chi connectivity index (χ0v) is 13.5. The third-order valence-electron chi connectivity index (χ3n) is 4.38. The maximum Gasteiger partial charge on any atom is 0.407 e. The molecule has 0 spiro atoms. The minimum absolute atomic E-state index is 0.199. The molecule has 122 valence electrons. The number of hydrogen-bond acceptors (Lipinski definition) is 3. The second-order valence-electron chi connectivity index (χ2n) is 5.86. The molecule has 1 amide bonds. The summed E-state index contributed by atoms with van der Waals surface area (Å²) in [5, 5.41) is 9.76. The van der Waals surface area contributed by atoms with Gasteiger partial charge in [-0.1, -0.05) is 17.7 Å². The van der Waals surface area contributed by atoms with Gasteiger partial charge in [-0.25, -0.2) is 14.8 Å². The topological polar surface area (TPSA) is 82.1 Å². The number of aromatic nitrogens is 3. The number of carbonyl (C=O) groups is 1. The number of halogens is 1. The fourth-order valence-electron chi connectivity index (χ4n) is 3.19. The Morgan fingerprint density at radius 3 is 2.88 bits per heavy atom. The third kappa shape index (κ3) is 2.59. The highest BCUT2D eigenvalue weighted by Gasteiger charge is 2.31. The molecule has 1 aliphatic rings. The van der Waals surface area contributed by atoms with Gasteiger partial charge in [0, 0.05) is 18.3 Å². The predicted molar refractivity (Wildman–Crippen MR) is 91.0 cm³/mol. The molecule has 1 fully saturated rings. The fraction of sp³-hybridized carbons (Fsp3) is 0.235. The van der Waals surface area contributed by atoms with Gasteiger partial charge >= 0.3 is 6.09 Å². The Hall–Kier alpha value is -2.60. The van der Waals surface area contributed by atoms with Gasteiger partial charge in [0.25, 0.3) is 0 Å². The van der Waals surface area contributed by atoms with E-state index < -0.39 is 6.09 Å². The van der Waals surface area contributed by atoms with Crippen LogP contribution >= 0.6 is 11.6 Å². The first-order chi connectivity index (χ1) is 11.6. The van der Waals surface area contributed by atoms with Crippen molar-refractivity contribution in [3.05, 3.63) is 47.5 Å². The number of benzene rings is 1. The smallest absolute Gasteiger partial charge is 0.407 e. The van der Waals surface area contributed by atoms with Gasteiger partial charge in [-0.05, 0) is 42.7 Å². The highest BCUT2D eigenvalue weighted by molar-refractivity contribution is 6.29. The van der Waals surface area contributed by atoms with Crippen molar-refractivity contribution in [3.8, 4) is 11.1 Å². The van der Waals surface area contributed by atoms with E-state index in [9.17, 15) is 9.90 Å². The van der Waals surface area contributed by atoms with Crippen molar-refractivity contribution in [1.82, 2.24) is 19.9 Å². The lowest BCUT2D eigenvalue weighted by molar-refractivity contribution is 0.139. The Kier molecular flexibility index (Phi) is 3.61. The maximum absolute atomic E-state index is 11.3. The lowest BCUT2D eigenvalue weighted by Gasteiger charge is -2.19. The molecule has 3 aromatic rings. The number of carboxylic acid groups (broad SMARTS) is 1. The molecule has 24 heavy (non-hydrogen) atoms. The van der Waals surface area contributed by atoms with Crippen LogP contribution in [0.1, 0.15) is 24.7 Å². The second-order valence-corrected chi connectivity index (χ2v) is 6.24. The van der Waals surface area contributed by atoms with Crippen LogP contribution in [0.2, 0.25) is 5.15 Å². The highest BCUT2D eigenvalue weighted by Crippen LogP contribution is 2.32. The fourth-order valence-corrected chi connectivity index (χ4v) is 3.30. The molecule has 3 heterocycles. The molecule has 2 aromatic heterocycles. The van der Waals surface area contributed by atoms with Crippen molar-refractivity contribution in [1.29, 1.82) is 0 Å². The normalized spacial score (nSPS) is 17.5. The number of H-pyrrole nitrogens is 1. The lowest BCUT2D eigenvalue weighted by atomic mass is 10.1. The average molecular weight is 343 g/mol. The van der Waals surface area contributed by atoms with E-state index in [1.54, 1.807) is 12.3 Å². The van der Waals surface area contributed by atoms with Crippen molar-refractivity contribution >= 4 is 28.7 Å². The summed E-state index contributed by atoms with van der Waals surface area (Å²) < 4.78 is 0. The standard InChI is InChI=1S/C17H15ClN4O2/c18-15-6-4-11(9-19-15)10-3-5-12-13(8-10)21-16(20-12)14-2-1-7-22(14)17(23)24/h3-6,8-9,14H,1-2,7H2,(H,20,21)(H,23,24)/t14-/m0/s1. The van der Waals surface area contributed by atoms with Crippen molar-refractivity contribution in [2.75, 3.05) is 6.54 Å². The number of rotatable bonds is 2. The number of aromatic amines is 1. The first-order valence-corrected chi connectivity index (χ1v) is 8.11. The van der Waals surface area contributed by atoms with Crippen LogP contribution in [0.4, 0.5) is 4.79 Å². The Morgan fingerprint density at radius 2 is 2.12 bits per heavy atom. The van der Waals surface area contributed by atoms with Gasteiger partial charge < -0.3 is 10.1 Å². The first kappa shape index (κ1) is 15.0. The van der Waals surface area contributed by atoms with Gasteiger partial charge in [-0.2, -0.15) is 0 Å². The number of fused-ring (bicyclic) bond motifs is 1. The molecule has 1 aliphatic heterocycles. The van der Waals surface area contributed by atoms with Gasteiger partial charge in [-0.3, -0.25) is 4.90 Å². The molecule has 4 rings (SSSR count). The van der Waals surface area contributed by atoms with Gasteiger partial charge in [-0.15, -0.1) is 0 Å². The highest BCUT2D eigenvalue weighted by atomic mass is 35.5. The first-order valence-electron chi connectivity index (χ1n) is 7.73. The van der Waals surface area contributed by atoms with Gasteiger partial charge in [0.05, 0.1) is 17.1 Å². The van der Waals surface area contributed by atoms with Crippen molar-refractivity contribution in [3.63, 3.8) is 0 Å². The minimum Gasteiger partial charge on any atom is -0.465 e. The predicted octanol–water partition coefficient (Wildman–Crippen LogP) is 4.09. The SMILES string of the molecule is O=C(O)N1CCC[C@H]1c1nc2cc(-c3ccc(Cl)nc3)ccc2[nH]1. The number of likely N-dealkylation sites (tertiary alicyclic amines) is 1. The number of nitrogens with zero attached hydrogens (tertiary/aromatic N) is 3. The van der Waals surface area contributed by atoms with E-state index in [4.69, 9.17) is 11.6 Å². The zero-order valence-electron chi connectivity index (χ0n) is 12.7. The maximum atomic E-state index is 11.3. The average Bonchev–Trinajstić information content (AvgIpc) is 3.21. The molecule has 1 saturated heterocycles. The van der Waals surface area contributed by atoms with Crippen molar-refractivity contribution in [2.45, 2.75) is 18.9 Å². The minimum atomic E-state index is -0.897. The Bertz CT molecular complexity index is 907. The molecule has 1 aromatic carbocycles. The summed E-state index contributed by atoms with van der Waals surface area (Å²) in [5.74, 6) is 0.705. The van der Waals surface area contributed by atoms with E-state index >= 15 is 0 Å². The van der Waals surface area contributed by atoms with Crippen molar-refractivity contribution < 1.29 is 9.90 Å². The second kappa shape index (κ2) is 5.79. The van der Waals surface area contributed by atoms with E-state index in [1.165, 1.54) is 4.90 Å². The van der Waals surface area contributed by atoms with Gasteiger partial charge in [0.15, 0.2) is 0 Å². The quantitative estimate of drug-likeness (QED) is 0.687. The van der Waals surface area contributed by atoms with E-state index in [2.05, 4.69) is 15.0 Å². The number of imidazole rings is 1. The van der Waals surface area contributed by atoms with Crippen LogP contribution in [0.5, 0.6) is 0 Å². The van der Waals surface area contributed by atoms with E-state index in [-0.39, 0.29) is 6.04 Å². The summed E-state index contributed by atoms with van der Waals surface area (Å²) in [4.78, 5) is 24.8. The summed E-state index contributed by atoms with van der Waals surface area (Å²) in [6.45, 7) is 0.554. The third-order valence-corrected chi connectivity index (χ3v) is 4.60. The Labute approximate surface area is 143 Å². The van der Waals surface area contributed by atoms with E-state index in [0.29, 0.717) is 17.5 Å². The summed E-state index contributed by atoms with van der Waals surface area (Å²) in [6, 6.07) is 9.37. The molecular formula is C17H15ClN4O2. The van der Waals surface area contributed by atoms with Gasteiger partial charge in [0.2, 0.25) is 0 Å². The largest absolute Gasteiger partial charge is 0.465 e. The van der Waals surface area contributed by atoms with E-state index in [0.717, 1.165) is 35.0 Å². The van der Waals surface area contributed by atoms with Crippen LogP contribution in [0.3, 0.4) is 0 Å². The molecule has 0 unspecified atom stereocenters. The summed E-state index contributed by atoms with van der Waals surface area (Å²) in [5.41, 5.74) is 3.66. The van der Waals surface area contributed by atoms with Crippen LogP contribution in [0.15, 0.2) is 36.5 Å². The summed E-state index contributed by atoms with van der Waals surface area (Å²) in [7, 11) is 0. The van der Waals surface area contributed by atoms with Crippen LogP contribution in [-0.2, 0) is 0 Å². The lowest BCUT2D eigenvalue weighted by Crippen LogP contribution is -2.29. The molecule has 1 atom stereocenters. The number of hydrogen-bond donors (Lipinski definition) is 2. The molecule has 0 aliphatic carbocycles. The van der Waals surface area contributed by atoms with Crippen LogP contribution < -0.4 is 0 Å². The Balaban J connectivity index is 1.71. The number of amides is 1. The van der Waals surface area contributed by atoms with Gasteiger partial charge in [0.1, 0.15) is 11.0 Å². The molecule has 6 nitrogen and oxygen atoms in total. The summed E-state index contributed by atoms with van der Waals surface area (Å²) in [6.07, 6.45) is 2.47. The summed E-state index contributed by atoms with van der Waals surface area (Å²) >= 11 is 5.83. The number of nitrogens with one attached hydrogen (secondary N) is 1. The monoisotopic (exact) mass is 342 g/mol. The van der Waals surface area contributed by atoms with Crippen LogP contribution in [0.25, 0.3) is 22.2 Å². The van der Waals surface area contributed by atoms with E-state index in [1.807, 2.05) is 24.3 Å². The molecule has 0 saturated carbocycles. The molecule has 2 N–H and O–H groups in total. The molecule has 0 radical (unpaired) electrons. The Morgan fingerprint density at radius 1 is 1.29 bits per heavy atom. The van der Waals surface area contributed by atoms with Crippen molar-refractivity contribution in [2.24, 2.45) is 0 Å². The number of pyridine rings is 1.